The molecule has 2 aromatic carbocycles. The molecule has 1 amide bonds. The van der Waals surface area contributed by atoms with Crippen LogP contribution in [0.1, 0.15) is 28.9 Å². The number of carbonyl (C=O) groups is 2. The van der Waals surface area contributed by atoms with E-state index in [-0.39, 0.29) is 40.5 Å². The van der Waals surface area contributed by atoms with Crippen molar-refractivity contribution in [3.8, 4) is 11.4 Å². The van der Waals surface area contributed by atoms with Gasteiger partial charge >= 0.3 is 5.97 Å². The number of thioether (sulfide) groups is 1. The number of alkyl halides is 6. The molecule has 1 aromatic heterocycles. The second-order valence-corrected chi connectivity index (χ2v) is 16.9. The minimum Gasteiger partial charge on any atom is -0.460 e. The zero-order valence-corrected chi connectivity index (χ0v) is 33.7. The van der Waals surface area contributed by atoms with Crippen LogP contribution in [0, 0.1) is 0 Å². The number of thiocarbonyl (C=S) groups is 1. The van der Waals surface area contributed by atoms with Gasteiger partial charge in [-0.25, -0.2) is 19.7 Å². The summed E-state index contributed by atoms with van der Waals surface area (Å²) in [7, 11) is 0. The number of amides is 1. The van der Waals surface area contributed by atoms with Crippen LogP contribution in [0.2, 0.25) is 0 Å². The first-order valence-corrected chi connectivity index (χ1v) is 18.9. The molecule has 0 spiro atoms. The molecule has 0 fully saturated rings. The SMILES string of the molecule is CCOCCOCCN1C(=CC=CC(=O)N(CCOC(=O)c2ccc(-c3nc(C(Cl)(Cl)Cl)nc(C(Cl)(Cl)Cl)n3)cc2)C(=S)S)Sc2ccccc21. The standard InChI is InChI=1S/C32H29Cl6N5O5S3/c1-2-46-18-19-47-16-14-42-22-6-3-4-7-23(22)51-25(42)9-5-8-24(44)43(30(49)50)15-17-48-27(45)21-12-10-20(11-13-21)26-39-28(31(33,34)35)41-29(40-26)32(36,37)38/h3-13H,2,14-19H2,1H3,(H,49,50). The van der Waals surface area contributed by atoms with Crippen molar-refractivity contribution in [1.29, 1.82) is 0 Å². The molecule has 0 N–H and O–H groups in total. The van der Waals surface area contributed by atoms with Crippen LogP contribution in [0.5, 0.6) is 0 Å². The van der Waals surface area contributed by atoms with Gasteiger partial charge in [-0.2, -0.15) is 0 Å². The van der Waals surface area contributed by atoms with Gasteiger partial charge in [-0.3, -0.25) is 9.69 Å². The van der Waals surface area contributed by atoms with Crippen LogP contribution in [-0.2, 0) is 26.6 Å². The maximum Gasteiger partial charge on any atom is 0.338 e. The fraction of sp³-hybridized carbons (Fsp3) is 0.312. The molecule has 1 aliphatic rings. The molecule has 0 aliphatic carbocycles. The van der Waals surface area contributed by atoms with E-state index in [1.165, 1.54) is 35.2 Å². The van der Waals surface area contributed by atoms with Crippen LogP contribution in [0.4, 0.5) is 5.69 Å². The molecule has 51 heavy (non-hydrogen) atoms. The van der Waals surface area contributed by atoms with E-state index in [2.05, 4.69) is 32.5 Å². The van der Waals surface area contributed by atoms with E-state index >= 15 is 0 Å². The van der Waals surface area contributed by atoms with E-state index in [9.17, 15) is 9.59 Å². The van der Waals surface area contributed by atoms with Crippen LogP contribution in [0.25, 0.3) is 11.4 Å². The van der Waals surface area contributed by atoms with Crippen molar-refractivity contribution in [1.82, 2.24) is 19.9 Å². The topological polar surface area (TPSA) is 107 Å². The number of ether oxygens (including phenoxy) is 3. The van der Waals surface area contributed by atoms with Crippen molar-refractivity contribution in [2.45, 2.75) is 19.4 Å². The summed E-state index contributed by atoms with van der Waals surface area (Å²) in [6.45, 7) is 4.58. The summed E-state index contributed by atoms with van der Waals surface area (Å²) < 4.78 is 12.4. The monoisotopic (exact) mass is 869 g/mol. The Morgan fingerprint density at radius 3 is 2.20 bits per heavy atom. The Bertz CT molecular complexity index is 1740. The third-order valence-electron chi connectivity index (χ3n) is 6.72. The fourth-order valence-electron chi connectivity index (χ4n) is 4.36. The lowest BCUT2D eigenvalue weighted by atomic mass is 10.1. The van der Waals surface area contributed by atoms with Crippen molar-refractivity contribution in [3.63, 3.8) is 0 Å². The van der Waals surface area contributed by atoms with Gasteiger partial charge in [0.2, 0.25) is 7.59 Å². The first-order chi connectivity index (χ1) is 24.2. The van der Waals surface area contributed by atoms with Gasteiger partial charge in [0.05, 0.1) is 42.6 Å². The van der Waals surface area contributed by atoms with Gasteiger partial charge in [0.1, 0.15) is 10.9 Å². The molecule has 0 bridgehead atoms. The second-order valence-electron chi connectivity index (χ2n) is 10.2. The number of halogens is 6. The highest BCUT2D eigenvalue weighted by atomic mass is 35.6. The lowest BCUT2D eigenvalue weighted by Gasteiger charge is -2.20. The molecule has 3 aromatic rings. The Balaban J connectivity index is 1.35. The number of thiol groups is 1. The van der Waals surface area contributed by atoms with Gasteiger partial charge in [-0.05, 0) is 37.3 Å². The zero-order chi connectivity index (χ0) is 37.2. The summed E-state index contributed by atoms with van der Waals surface area (Å²) in [5.41, 5.74) is 1.67. The van der Waals surface area contributed by atoms with Gasteiger partial charge in [0.25, 0.3) is 5.91 Å². The molecule has 2 heterocycles. The van der Waals surface area contributed by atoms with Crippen molar-refractivity contribution in [2.24, 2.45) is 0 Å². The van der Waals surface area contributed by atoms with Gasteiger partial charge in [-0.1, -0.05) is 124 Å². The third-order valence-corrected chi connectivity index (χ3v) is 9.32. The van der Waals surface area contributed by atoms with Crippen LogP contribution >= 0.6 is 106 Å². The van der Waals surface area contributed by atoms with Crippen LogP contribution in [0.3, 0.4) is 0 Å². The maximum atomic E-state index is 13.1. The second kappa shape index (κ2) is 19.4. The Labute approximate surface area is 340 Å². The van der Waals surface area contributed by atoms with E-state index in [4.69, 9.17) is 96.0 Å². The number of fused-ring (bicyclic) bond motifs is 1. The van der Waals surface area contributed by atoms with Gasteiger partial charge in [0, 0.05) is 29.7 Å². The molecule has 0 radical (unpaired) electrons. The molecule has 0 atom stereocenters. The predicted octanol–water partition coefficient (Wildman–Crippen LogP) is 8.46. The third kappa shape index (κ3) is 12.3. The summed E-state index contributed by atoms with van der Waals surface area (Å²) in [5, 5.41) is 0.931. The van der Waals surface area contributed by atoms with Crippen LogP contribution < -0.4 is 4.90 Å². The van der Waals surface area contributed by atoms with E-state index in [0.717, 1.165) is 15.6 Å². The minimum atomic E-state index is -2.02. The van der Waals surface area contributed by atoms with Crippen molar-refractivity contribution in [2.75, 3.05) is 51.0 Å². The number of carbonyl (C=O) groups excluding carboxylic acids is 2. The molecule has 272 valence electrons. The Morgan fingerprint density at radius 2 is 1.57 bits per heavy atom. The first kappa shape index (κ1) is 41.9. The highest BCUT2D eigenvalue weighted by molar-refractivity contribution is 8.11. The number of esters is 1. The van der Waals surface area contributed by atoms with Gasteiger partial charge in [0.15, 0.2) is 17.5 Å². The van der Waals surface area contributed by atoms with Gasteiger partial charge in [-0.15, -0.1) is 12.6 Å². The molecule has 0 unspecified atom stereocenters. The highest BCUT2D eigenvalue weighted by Gasteiger charge is 2.34. The summed E-state index contributed by atoms with van der Waals surface area (Å²) in [6.07, 6.45) is 4.87. The van der Waals surface area contributed by atoms with Crippen molar-refractivity contribution >= 4 is 128 Å². The Morgan fingerprint density at radius 1 is 0.922 bits per heavy atom. The number of benzene rings is 2. The number of para-hydroxylation sites is 1. The number of allylic oxidation sites excluding steroid dienone is 2. The molecule has 0 saturated heterocycles. The number of hydrogen-bond donors (Lipinski definition) is 1. The molecule has 4 rings (SSSR count). The van der Waals surface area contributed by atoms with E-state index < -0.39 is 19.5 Å². The lowest BCUT2D eigenvalue weighted by Crippen LogP contribution is -2.35. The van der Waals surface area contributed by atoms with E-state index in [1.54, 1.807) is 17.8 Å². The number of aromatic nitrogens is 3. The van der Waals surface area contributed by atoms with Gasteiger partial charge < -0.3 is 19.1 Å². The zero-order valence-electron chi connectivity index (χ0n) is 26.6. The maximum absolute atomic E-state index is 13.1. The predicted molar refractivity (Wildman–Crippen MR) is 211 cm³/mol. The largest absolute Gasteiger partial charge is 0.460 e. The average Bonchev–Trinajstić information content (AvgIpc) is 3.44. The summed E-state index contributed by atoms with van der Waals surface area (Å²) >= 11 is 46.7. The number of nitrogens with zero attached hydrogens (tertiary/aromatic N) is 5. The average molecular weight is 873 g/mol. The number of rotatable bonds is 14. The fourth-order valence-corrected chi connectivity index (χ4v) is 6.35. The number of hydrogen-bond acceptors (Lipinski definition) is 11. The molecule has 19 heteroatoms. The molecule has 10 nitrogen and oxygen atoms in total. The molecule has 1 aliphatic heterocycles. The summed E-state index contributed by atoms with van der Waals surface area (Å²) in [5.74, 6) is -1.55. The van der Waals surface area contributed by atoms with E-state index in [0.29, 0.717) is 38.5 Å². The normalized spacial score (nSPS) is 13.9. The van der Waals surface area contributed by atoms with Crippen LogP contribution in [-0.4, -0.2) is 82.2 Å². The summed E-state index contributed by atoms with van der Waals surface area (Å²) in [6, 6.07) is 14.0. The summed E-state index contributed by atoms with van der Waals surface area (Å²) in [4.78, 5) is 42.6. The van der Waals surface area contributed by atoms with Crippen molar-refractivity contribution in [3.05, 3.63) is 89.0 Å². The Kier molecular flexibility index (Phi) is 16.0. The quantitative estimate of drug-likeness (QED) is 0.0422. The smallest absolute Gasteiger partial charge is 0.338 e. The highest BCUT2D eigenvalue weighted by Crippen LogP contribution is 2.45. The van der Waals surface area contributed by atoms with Crippen molar-refractivity contribution < 1.29 is 23.8 Å². The minimum absolute atomic E-state index is 0.0204. The van der Waals surface area contributed by atoms with E-state index in [1.807, 2.05) is 37.3 Å². The lowest BCUT2D eigenvalue weighted by molar-refractivity contribution is -0.122. The number of anilines is 1. The molecular formula is C32H29Cl6N5O5S3. The van der Waals surface area contributed by atoms with Crippen LogP contribution in [0.15, 0.2) is 76.7 Å². The molecular weight excluding hydrogens is 843 g/mol. The first-order valence-electron chi connectivity index (χ1n) is 15.0. The molecule has 0 saturated carbocycles. The Hall–Kier alpha value is -1.88.